The first-order chi connectivity index (χ1) is 20.4. The van der Waals surface area contributed by atoms with Crippen LogP contribution in [-0.4, -0.2) is 75.4 Å². The Morgan fingerprint density at radius 2 is 1.83 bits per heavy atom. The zero-order valence-corrected chi connectivity index (χ0v) is 23.5. The molecule has 11 nitrogen and oxygen atoms in total. The van der Waals surface area contributed by atoms with Crippen LogP contribution in [0, 0.1) is 6.92 Å². The van der Waals surface area contributed by atoms with Gasteiger partial charge in [0.05, 0.1) is 33.8 Å². The average molecular weight is 568 g/mol. The Balaban J connectivity index is 0.917. The van der Waals surface area contributed by atoms with Crippen LogP contribution in [0.1, 0.15) is 76.4 Å². The zero-order chi connectivity index (χ0) is 29.2. The molecule has 2 unspecified atom stereocenters. The quantitative estimate of drug-likeness (QED) is 0.281. The number of piperidine rings is 1. The molecule has 3 aliphatic rings. The Bertz CT molecular complexity index is 1600. The third-order valence-electron chi connectivity index (χ3n) is 8.10. The van der Waals surface area contributed by atoms with Crippen molar-refractivity contribution in [3.63, 3.8) is 0 Å². The number of aryl methyl sites for hydroxylation is 1. The minimum atomic E-state index is -0.958. The monoisotopic (exact) mass is 567 g/mol. The molecule has 4 heterocycles. The van der Waals surface area contributed by atoms with Crippen molar-refractivity contribution in [2.75, 3.05) is 25.0 Å². The van der Waals surface area contributed by atoms with E-state index in [1.807, 2.05) is 24.5 Å². The van der Waals surface area contributed by atoms with Crippen molar-refractivity contribution >= 4 is 46.6 Å². The van der Waals surface area contributed by atoms with Crippen LogP contribution in [0.5, 0.6) is 0 Å². The first-order valence-electron chi connectivity index (χ1n) is 14.5. The molecule has 6 rings (SSSR count). The van der Waals surface area contributed by atoms with Crippen LogP contribution in [0.25, 0.3) is 11.0 Å². The van der Waals surface area contributed by atoms with Gasteiger partial charge in [0.2, 0.25) is 11.8 Å². The number of nitrogens with zero attached hydrogens (tertiary/aromatic N) is 5. The first kappa shape index (κ1) is 27.5. The van der Waals surface area contributed by atoms with E-state index < -0.39 is 23.8 Å². The molecule has 0 spiro atoms. The number of fused-ring (bicyclic) bond motifs is 2. The Labute approximate surface area is 243 Å². The first-order valence-corrected chi connectivity index (χ1v) is 14.5. The highest BCUT2D eigenvalue weighted by molar-refractivity contribution is 6.23. The fraction of sp³-hybridized carbons (Fsp3) is 0.387. The van der Waals surface area contributed by atoms with Gasteiger partial charge in [-0.05, 0) is 56.0 Å². The Morgan fingerprint density at radius 1 is 1.00 bits per heavy atom. The molecule has 0 bridgehead atoms. The fourth-order valence-electron chi connectivity index (χ4n) is 5.77. The second-order valence-corrected chi connectivity index (χ2v) is 11.1. The lowest BCUT2D eigenvalue weighted by Crippen LogP contribution is -2.54. The number of hydrogen-bond donors (Lipinski definition) is 2. The summed E-state index contributed by atoms with van der Waals surface area (Å²) in [7, 11) is 0. The van der Waals surface area contributed by atoms with E-state index in [1.165, 1.54) is 0 Å². The average Bonchev–Trinajstić information content (AvgIpc) is 3.55. The number of rotatable bonds is 10. The van der Waals surface area contributed by atoms with Gasteiger partial charge in [0.15, 0.2) is 0 Å². The maximum absolute atomic E-state index is 13.0. The second-order valence-electron chi connectivity index (χ2n) is 11.1. The smallest absolute Gasteiger partial charge is 0.262 e. The fourth-order valence-corrected chi connectivity index (χ4v) is 5.77. The molecule has 2 atom stereocenters. The molecule has 11 heteroatoms. The highest BCUT2D eigenvalue weighted by atomic mass is 16.2. The number of carbonyl (C=O) groups excluding carboxylic acids is 4. The van der Waals surface area contributed by atoms with Crippen LogP contribution < -0.4 is 10.6 Å². The molecule has 2 aromatic carbocycles. The van der Waals surface area contributed by atoms with Crippen molar-refractivity contribution < 1.29 is 19.2 Å². The van der Waals surface area contributed by atoms with Crippen LogP contribution in [0.2, 0.25) is 0 Å². The third-order valence-corrected chi connectivity index (χ3v) is 8.10. The number of benzene rings is 2. The number of carbonyl (C=O) groups is 4. The Hall–Kier alpha value is -4.67. The minimum absolute atomic E-state index is 0.0998. The predicted octanol–water partition coefficient (Wildman–Crippen LogP) is 3.40. The Kier molecular flexibility index (Phi) is 7.64. The maximum Gasteiger partial charge on any atom is 0.262 e. The molecule has 3 aromatic rings. The van der Waals surface area contributed by atoms with Crippen LogP contribution in [0.15, 0.2) is 47.7 Å². The van der Waals surface area contributed by atoms with Gasteiger partial charge in [-0.2, -0.15) is 5.10 Å². The SMILES string of the molecule is Cc1cccc2ncc(C3C=NN(CCCCCCNc4ccc5c(c4)C(=O)N(C4CCC(=O)NC4=O)C5=O)C3)nc12. The molecular formula is C31H33N7O4. The van der Waals surface area contributed by atoms with E-state index in [2.05, 4.69) is 38.7 Å². The van der Waals surface area contributed by atoms with Gasteiger partial charge >= 0.3 is 0 Å². The van der Waals surface area contributed by atoms with Crippen molar-refractivity contribution in [1.29, 1.82) is 0 Å². The van der Waals surface area contributed by atoms with E-state index in [1.54, 1.807) is 18.2 Å². The summed E-state index contributed by atoms with van der Waals surface area (Å²) in [6.45, 7) is 4.50. The van der Waals surface area contributed by atoms with E-state index >= 15 is 0 Å². The van der Waals surface area contributed by atoms with Crippen molar-refractivity contribution in [2.24, 2.45) is 5.10 Å². The number of imide groups is 2. The molecule has 3 aliphatic heterocycles. The van der Waals surface area contributed by atoms with Crippen molar-refractivity contribution in [2.45, 2.75) is 57.4 Å². The molecule has 1 fully saturated rings. The Morgan fingerprint density at radius 3 is 2.69 bits per heavy atom. The molecule has 1 aromatic heterocycles. The van der Waals surface area contributed by atoms with Gasteiger partial charge < -0.3 is 5.32 Å². The molecule has 42 heavy (non-hydrogen) atoms. The summed E-state index contributed by atoms with van der Waals surface area (Å²) in [5.41, 5.74) is 5.26. The molecule has 0 radical (unpaired) electrons. The van der Waals surface area contributed by atoms with Gasteiger partial charge in [0.1, 0.15) is 6.04 Å². The molecule has 1 saturated heterocycles. The second kappa shape index (κ2) is 11.7. The van der Waals surface area contributed by atoms with E-state index in [0.717, 1.165) is 78.2 Å². The summed E-state index contributed by atoms with van der Waals surface area (Å²) < 4.78 is 0. The zero-order valence-electron chi connectivity index (χ0n) is 23.5. The number of anilines is 1. The number of hydrazone groups is 1. The number of nitrogens with one attached hydrogen (secondary N) is 2. The topological polar surface area (TPSA) is 137 Å². The summed E-state index contributed by atoms with van der Waals surface area (Å²) in [6.07, 6.45) is 8.20. The van der Waals surface area contributed by atoms with Gasteiger partial charge in [0, 0.05) is 44.2 Å². The van der Waals surface area contributed by atoms with E-state index in [0.29, 0.717) is 0 Å². The van der Waals surface area contributed by atoms with Crippen LogP contribution >= 0.6 is 0 Å². The van der Waals surface area contributed by atoms with E-state index in [-0.39, 0.29) is 35.8 Å². The van der Waals surface area contributed by atoms with Crippen molar-refractivity contribution in [1.82, 2.24) is 25.2 Å². The van der Waals surface area contributed by atoms with Crippen LogP contribution in [-0.2, 0) is 9.59 Å². The largest absolute Gasteiger partial charge is 0.385 e. The number of aromatic nitrogens is 2. The summed E-state index contributed by atoms with van der Waals surface area (Å²) in [5.74, 6) is -1.84. The number of hydrogen-bond acceptors (Lipinski definition) is 9. The number of para-hydroxylation sites is 1. The predicted molar refractivity (Wildman–Crippen MR) is 157 cm³/mol. The molecular weight excluding hydrogens is 534 g/mol. The molecule has 2 N–H and O–H groups in total. The van der Waals surface area contributed by atoms with E-state index in [4.69, 9.17) is 4.98 Å². The summed E-state index contributed by atoms with van der Waals surface area (Å²) in [4.78, 5) is 60.0. The van der Waals surface area contributed by atoms with Crippen LogP contribution in [0.4, 0.5) is 5.69 Å². The third kappa shape index (κ3) is 5.46. The lowest BCUT2D eigenvalue weighted by molar-refractivity contribution is -0.136. The molecule has 0 saturated carbocycles. The highest BCUT2D eigenvalue weighted by Gasteiger charge is 2.44. The normalized spacial score (nSPS) is 20.0. The van der Waals surface area contributed by atoms with E-state index in [9.17, 15) is 19.2 Å². The van der Waals surface area contributed by atoms with Crippen molar-refractivity contribution in [3.8, 4) is 0 Å². The van der Waals surface area contributed by atoms with Gasteiger partial charge in [-0.1, -0.05) is 25.0 Å². The van der Waals surface area contributed by atoms with Gasteiger partial charge in [-0.25, -0.2) is 4.98 Å². The standard InChI is InChI=1S/C31H33N7O4/c1-19-7-6-8-24-28(19)35-25(17-33-24)20-16-34-37(18-20)14-5-3-2-4-13-32-21-9-10-22-23(15-21)31(42)38(30(22)41)26-11-12-27(39)36-29(26)40/h6-10,15-17,20,26,32H,2-5,11-14,18H2,1H3,(H,36,39,40). The minimum Gasteiger partial charge on any atom is -0.385 e. The van der Waals surface area contributed by atoms with Gasteiger partial charge in [0.25, 0.3) is 11.8 Å². The summed E-state index contributed by atoms with van der Waals surface area (Å²) in [5, 5.41) is 12.2. The number of amides is 4. The highest BCUT2D eigenvalue weighted by Crippen LogP contribution is 2.29. The summed E-state index contributed by atoms with van der Waals surface area (Å²) in [6, 6.07) is 10.2. The maximum atomic E-state index is 13.0. The van der Waals surface area contributed by atoms with Gasteiger partial charge in [-0.15, -0.1) is 0 Å². The van der Waals surface area contributed by atoms with Crippen LogP contribution in [0.3, 0.4) is 0 Å². The van der Waals surface area contributed by atoms with Crippen molar-refractivity contribution in [3.05, 3.63) is 65.0 Å². The lowest BCUT2D eigenvalue weighted by atomic mass is 10.0. The summed E-state index contributed by atoms with van der Waals surface area (Å²) >= 11 is 0. The molecule has 4 amide bonds. The lowest BCUT2D eigenvalue weighted by Gasteiger charge is -2.27. The molecule has 0 aliphatic carbocycles. The molecule has 216 valence electrons. The van der Waals surface area contributed by atoms with Gasteiger partial charge in [-0.3, -0.25) is 39.4 Å². The number of unbranched alkanes of at least 4 members (excludes halogenated alkanes) is 3.